The number of benzene rings is 1. The quantitative estimate of drug-likeness (QED) is 0.312. The van der Waals surface area contributed by atoms with E-state index in [1.54, 1.807) is 30.3 Å². The van der Waals surface area contributed by atoms with Crippen molar-refractivity contribution >= 4 is 12.0 Å². The van der Waals surface area contributed by atoms with Gasteiger partial charge in [0.25, 0.3) is 11.8 Å². The van der Waals surface area contributed by atoms with Gasteiger partial charge in [-0.3, -0.25) is 14.9 Å². The zero-order chi connectivity index (χ0) is 19.8. The van der Waals surface area contributed by atoms with Crippen molar-refractivity contribution in [3.8, 4) is 5.75 Å². The summed E-state index contributed by atoms with van der Waals surface area (Å²) in [6.45, 7) is 6.92. The van der Waals surface area contributed by atoms with E-state index < -0.39 is 5.91 Å². The third-order valence-corrected chi connectivity index (χ3v) is 4.60. The number of nitrogens with one attached hydrogen (secondary N) is 1. The van der Waals surface area contributed by atoms with Crippen LogP contribution >= 0.6 is 0 Å². The van der Waals surface area contributed by atoms with Crippen molar-refractivity contribution in [3.05, 3.63) is 60.3 Å². The van der Waals surface area contributed by atoms with Gasteiger partial charge in [-0.15, -0.1) is 6.58 Å². The molecule has 0 bridgehead atoms. The van der Waals surface area contributed by atoms with Gasteiger partial charge in [-0.25, -0.2) is 5.48 Å². The minimum Gasteiger partial charge on any atom is -0.484 e. The van der Waals surface area contributed by atoms with Crippen LogP contribution in [0.2, 0.25) is 0 Å². The van der Waals surface area contributed by atoms with E-state index in [0.717, 1.165) is 43.9 Å². The van der Waals surface area contributed by atoms with Gasteiger partial charge in [0.15, 0.2) is 12.4 Å². The van der Waals surface area contributed by atoms with E-state index in [0.29, 0.717) is 17.6 Å². The van der Waals surface area contributed by atoms with E-state index in [1.165, 1.54) is 11.6 Å². The molecular formula is C20H24N4O4. The molecule has 0 spiro atoms. The molecule has 8 heteroatoms. The van der Waals surface area contributed by atoms with Gasteiger partial charge in [0.1, 0.15) is 5.75 Å². The lowest BCUT2D eigenvalue weighted by Crippen LogP contribution is -2.33. The van der Waals surface area contributed by atoms with Gasteiger partial charge in [-0.2, -0.15) is 4.98 Å². The molecular weight excluding hydrogens is 360 g/mol. The number of hydroxylamine groups is 1. The number of ether oxygens (including phenoxy) is 1. The Morgan fingerprint density at radius 2 is 2.11 bits per heavy atom. The molecule has 1 aliphatic heterocycles. The van der Waals surface area contributed by atoms with Gasteiger partial charge < -0.3 is 9.26 Å². The Balaban J connectivity index is 1.49. The monoisotopic (exact) mass is 384 g/mol. The fraction of sp³-hybridized carbons (Fsp3) is 0.350. The fourth-order valence-electron chi connectivity index (χ4n) is 3.08. The Kier molecular flexibility index (Phi) is 6.94. The number of hydrogen-bond acceptors (Lipinski definition) is 7. The van der Waals surface area contributed by atoms with Gasteiger partial charge >= 0.3 is 0 Å². The number of hydrogen-bond donors (Lipinski definition) is 2. The molecule has 1 fully saturated rings. The number of carbonyl (C=O) groups is 1. The molecule has 28 heavy (non-hydrogen) atoms. The summed E-state index contributed by atoms with van der Waals surface area (Å²) in [5.41, 5.74) is 2.34. The summed E-state index contributed by atoms with van der Waals surface area (Å²) >= 11 is 0. The smallest absolute Gasteiger partial charge is 0.267 e. The minimum absolute atomic E-state index is 0.199. The minimum atomic E-state index is -0.584. The molecule has 2 heterocycles. The van der Waals surface area contributed by atoms with Crippen molar-refractivity contribution in [1.82, 2.24) is 20.5 Å². The third kappa shape index (κ3) is 5.51. The number of aromatic nitrogens is 2. The molecule has 0 radical (unpaired) electrons. The van der Waals surface area contributed by atoms with Crippen LogP contribution in [0.15, 0.2) is 47.5 Å². The van der Waals surface area contributed by atoms with E-state index in [4.69, 9.17) is 14.5 Å². The first kappa shape index (κ1) is 19.8. The Bertz CT molecular complexity index is 808. The second-order valence-electron chi connectivity index (χ2n) is 6.58. The van der Waals surface area contributed by atoms with Gasteiger partial charge in [0, 0.05) is 18.5 Å². The average Bonchev–Trinajstić information content (AvgIpc) is 3.21. The summed E-state index contributed by atoms with van der Waals surface area (Å²) in [5, 5.41) is 12.6. The summed E-state index contributed by atoms with van der Waals surface area (Å²) in [7, 11) is 0. The molecule has 1 saturated heterocycles. The van der Waals surface area contributed by atoms with Crippen molar-refractivity contribution in [2.45, 2.75) is 25.4 Å². The Hall–Kier alpha value is -2.97. The highest BCUT2D eigenvalue weighted by molar-refractivity contribution is 5.90. The summed E-state index contributed by atoms with van der Waals surface area (Å²) in [6.07, 6.45) is 6.77. The first-order valence-electron chi connectivity index (χ1n) is 9.18. The molecule has 1 amide bonds. The van der Waals surface area contributed by atoms with Gasteiger partial charge in [-0.05, 0) is 49.7 Å². The van der Waals surface area contributed by atoms with Crippen LogP contribution in [0.5, 0.6) is 5.75 Å². The van der Waals surface area contributed by atoms with E-state index in [9.17, 15) is 4.79 Å². The lowest BCUT2D eigenvalue weighted by atomic mass is 9.96. The maximum Gasteiger partial charge on any atom is 0.267 e. The summed E-state index contributed by atoms with van der Waals surface area (Å²) in [6, 6.07) is 7.16. The summed E-state index contributed by atoms with van der Waals surface area (Å²) < 4.78 is 11.0. The maximum atomic E-state index is 11.0. The van der Waals surface area contributed by atoms with Crippen LogP contribution in [0.4, 0.5) is 0 Å². The van der Waals surface area contributed by atoms with Gasteiger partial charge in [0.05, 0.1) is 0 Å². The first-order valence-corrected chi connectivity index (χ1v) is 9.18. The van der Waals surface area contributed by atoms with Crippen LogP contribution < -0.4 is 10.2 Å². The highest BCUT2D eigenvalue weighted by Crippen LogP contribution is 2.26. The van der Waals surface area contributed by atoms with Crippen LogP contribution in [0.3, 0.4) is 0 Å². The molecule has 0 atom stereocenters. The molecule has 3 rings (SSSR count). The highest BCUT2D eigenvalue weighted by Gasteiger charge is 2.24. The largest absolute Gasteiger partial charge is 0.484 e. The molecule has 0 aliphatic carbocycles. The van der Waals surface area contributed by atoms with Crippen molar-refractivity contribution < 1.29 is 19.3 Å². The van der Waals surface area contributed by atoms with Crippen molar-refractivity contribution in [2.75, 3.05) is 19.6 Å². The topological polar surface area (TPSA) is 101 Å². The zero-order valence-electron chi connectivity index (χ0n) is 15.6. The fourth-order valence-corrected chi connectivity index (χ4v) is 3.08. The average molecular weight is 384 g/mol. The second-order valence-corrected chi connectivity index (χ2v) is 6.58. The summed E-state index contributed by atoms with van der Waals surface area (Å²) in [5.74, 6) is 1.59. The number of nitrogens with zero attached hydrogens (tertiary/aromatic N) is 3. The molecule has 8 nitrogen and oxygen atoms in total. The lowest BCUT2D eigenvalue weighted by Gasteiger charge is -2.29. The van der Waals surface area contributed by atoms with Crippen molar-refractivity contribution in [1.29, 1.82) is 0 Å². The van der Waals surface area contributed by atoms with Crippen LogP contribution in [0, 0.1) is 0 Å². The zero-order valence-corrected chi connectivity index (χ0v) is 15.6. The molecule has 1 aliphatic rings. The number of carbonyl (C=O) groups excluding carboxylic acids is 1. The number of rotatable bonds is 8. The van der Waals surface area contributed by atoms with Crippen LogP contribution in [0.1, 0.15) is 36.0 Å². The second kappa shape index (κ2) is 9.82. The molecule has 1 aromatic heterocycles. The Morgan fingerprint density at radius 1 is 1.36 bits per heavy atom. The normalized spacial score (nSPS) is 15.6. The van der Waals surface area contributed by atoms with E-state index in [-0.39, 0.29) is 6.61 Å². The molecule has 0 unspecified atom stereocenters. The van der Waals surface area contributed by atoms with Crippen molar-refractivity contribution in [3.63, 3.8) is 0 Å². The Morgan fingerprint density at radius 3 is 2.79 bits per heavy atom. The van der Waals surface area contributed by atoms with E-state index in [1.807, 2.05) is 6.08 Å². The number of piperidine rings is 1. The third-order valence-electron chi connectivity index (χ3n) is 4.60. The molecule has 2 N–H and O–H groups in total. The van der Waals surface area contributed by atoms with Gasteiger partial charge in [-0.1, -0.05) is 23.4 Å². The predicted molar refractivity (Wildman–Crippen MR) is 103 cm³/mol. The molecule has 0 saturated carbocycles. The first-order chi connectivity index (χ1) is 13.7. The van der Waals surface area contributed by atoms with Crippen LogP contribution in [0.25, 0.3) is 6.08 Å². The summed E-state index contributed by atoms with van der Waals surface area (Å²) in [4.78, 5) is 17.8. The van der Waals surface area contributed by atoms with E-state index in [2.05, 4.69) is 21.6 Å². The Labute approximate surface area is 163 Å². The standard InChI is InChI=1S/C20H24N4O4/c1-2-11-24-12-9-16(10-13-24)20-21-19(28-23-20)14-27-17-6-3-15(4-7-17)5-8-18(25)22-26/h2-8,16,26H,1,9-14H2,(H,22,25)/b8-5+. The lowest BCUT2D eigenvalue weighted by molar-refractivity contribution is -0.124. The highest BCUT2D eigenvalue weighted by atomic mass is 16.5. The molecule has 1 aromatic carbocycles. The van der Waals surface area contributed by atoms with Crippen LogP contribution in [-0.4, -0.2) is 45.8 Å². The number of likely N-dealkylation sites (tertiary alicyclic amines) is 1. The predicted octanol–water partition coefficient (Wildman–Crippen LogP) is 2.53. The number of amides is 1. The van der Waals surface area contributed by atoms with Crippen molar-refractivity contribution in [2.24, 2.45) is 0 Å². The molecule has 148 valence electrons. The van der Waals surface area contributed by atoms with Gasteiger partial charge in [0.2, 0.25) is 0 Å². The van der Waals surface area contributed by atoms with E-state index >= 15 is 0 Å². The molecule has 2 aromatic rings. The van der Waals surface area contributed by atoms with Crippen LogP contribution in [-0.2, 0) is 11.4 Å². The SMILES string of the molecule is C=CCN1CCC(c2noc(COc3ccc(/C=C/C(=O)NO)cc3)n2)CC1. The maximum absolute atomic E-state index is 11.0.